The van der Waals surface area contributed by atoms with Gasteiger partial charge >= 0.3 is 0 Å². The van der Waals surface area contributed by atoms with Crippen LogP contribution in [0.15, 0.2) is 102 Å². The Labute approximate surface area is 275 Å². The highest BCUT2D eigenvalue weighted by Gasteiger charge is 2.35. The summed E-state index contributed by atoms with van der Waals surface area (Å²) in [4.78, 5) is 29.7. The van der Waals surface area contributed by atoms with E-state index in [-0.39, 0.29) is 23.8 Å². The van der Waals surface area contributed by atoms with E-state index in [4.69, 9.17) is 23.2 Å². The van der Waals surface area contributed by atoms with Crippen LogP contribution in [0.2, 0.25) is 10.0 Å². The number of aryl methyl sites for hydroxylation is 2. The number of halogens is 2. The standard InChI is InChI=1S/C35H37Cl2N3O4S/c1-4-19-38-35(42)33(21-27-10-6-5-7-11-27)39(23-28-15-16-29(36)22-32(28)37)34(41)24-40(30-12-8-9-26(3)20-30)45(43,44)31-17-13-25(2)14-18-31/h5-18,20,22,33H,4,19,21,23-24H2,1-3H3,(H,38,42)/t33-/m1/s1. The van der Waals surface area contributed by atoms with Gasteiger partial charge in [0.15, 0.2) is 0 Å². The second kappa shape index (κ2) is 15.4. The summed E-state index contributed by atoms with van der Waals surface area (Å²) < 4.78 is 29.4. The van der Waals surface area contributed by atoms with Crippen molar-refractivity contribution in [3.8, 4) is 0 Å². The maximum absolute atomic E-state index is 14.5. The molecule has 10 heteroatoms. The first-order valence-electron chi connectivity index (χ1n) is 14.7. The van der Waals surface area contributed by atoms with Crippen molar-refractivity contribution in [2.75, 3.05) is 17.4 Å². The summed E-state index contributed by atoms with van der Waals surface area (Å²) in [6.07, 6.45) is 0.916. The maximum atomic E-state index is 14.5. The fourth-order valence-electron chi connectivity index (χ4n) is 4.90. The molecule has 0 heterocycles. The van der Waals surface area contributed by atoms with Gasteiger partial charge in [-0.05, 0) is 73.4 Å². The maximum Gasteiger partial charge on any atom is 0.264 e. The zero-order valence-corrected chi connectivity index (χ0v) is 27.9. The Morgan fingerprint density at radius 3 is 2.20 bits per heavy atom. The fourth-order valence-corrected chi connectivity index (χ4v) is 6.78. The minimum atomic E-state index is -4.18. The third-order valence-electron chi connectivity index (χ3n) is 7.35. The van der Waals surface area contributed by atoms with Crippen LogP contribution in [0, 0.1) is 13.8 Å². The zero-order chi connectivity index (χ0) is 32.6. The molecule has 0 unspecified atom stereocenters. The zero-order valence-electron chi connectivity index (χ0n) is 25.5. The first kappa shape index (κ1) is 34.0. The van der Waals surface area contributed by atoms with E-state index in [2.05, 4.69) is 5.32 Å². The Hall–Kier alpha value is -3.85. The first-order valence-corrected chi connectivity index (χ1v) is 16.9. The molecule has 1 N–H and O–H groups in total. The predicted molar refractivity (Wildman–Crippen MR) is 181 cm³/mol. The highest BCUT2D eigenvalue weighted by atomic mass is 35.5. The summed E-state index contributed by atoms with van der Waals surface area (Å²) in [5.41, 5.74) is 3.48. The van der Waals surface area contributed by atoms with Crippen LogP contribution in [-0.2, 0) is 32.6 Å². The molecule has 236 valence electrons. The van der Waals surface area contributed by atoms with E-state index in [0.29, 0.717) is 34.3 Å². The van der Waals surface area contributed by atoms with E-state index in [1.165, 1.54) is 17.0 Å². The highest BCUT2D eigenvalue weighted by molar-refractivity contribution is 7.92. The molecular formula is C35H37Cl2N3O4S. The number of carbonyl (C=O) groups excluding carboxylic acids is 2. The second-order valence-corrected chi connectivity index (χ2v) is 13.6. The van der Waals surface area contributed by atoms with Crippen LogP contribution >= 0.6 is 23.2 Å². The Bertz CT molecular complexity index is 1730. The third-order valence-corrected chi connectivity index (χ3v) is 9.73. The molecule has 0 bridgehead atoms. The molecule has 0 fully saturated rings. The Morgan fingerprint density at radius 1 is 0.844 bits per heavy atom. The summed E-state index contributed by atoms with van der Waals surface area (Å²) in [7, 11) is -4.18. The Balaban J connectivity index is 1.82. The lowest BCUT2D eigenvalue weighted by atomic mass is 10.0. The van der Waals surface area contributed by atoms with Crippen LogP contribution in [0.1, 0.15) is 35.6 Å². The van der Waals surface area contributed by atoms with E-state index in [9.17, 15) is 18.0 Å². The lowest BCUT2D eigenvalue weighted by Gasteiger charge is -2.34. The van der Waals surface area contributed by atoms with Gasteiger partial charge in [-0.25, -0.2) is 8.42 Å². The van der Waals surface area contributed by atoms with Gasteiger partial charge in [0, 0.05) is 29.6 Å². The van der Waals surface area contributed by atoms with Crippen LogP contribution in [0.3, 0.4) is 0 Å². The van der Waals surface area contributed by atoms with E-state index in [0.717, 1.165) is 21.0 Å². The van der Waals surface area contributed by atoms with Crippen LogP contribution < -0.4 is 9.62 Å². The summed E-state index contributed by atoms with van der Waals surface area (Å²) in [6, 6.07) is 26.8. The summed E-state index contributed by atoms with van der Waals surface area (Å²) in [5.74, 6) is -0.909. The number of hydrogen-bond acceptors (Lipinski definition) is 4. The van der Waals surface area contributed by atoms with Crippen LogP contribution in [0.25, 0.3) is 0 Å². The lowest BCUT2D eigenvalue weighted by molar-refractivity contribution is -0.140. The number of carbonyl (C=O) groups is 2. The molecule has 0 aliphatic heterocycles. The van der Waals surface area contributed by atoms with Crippen molar-refractivity contribution in [1.29, 1.82) is 0 Å². The number of nitrogens with zero attached hydrogens (tertiary/aromatic N) is 2. The number of sulfonamides is 1. The van der Waals surface area contributed by atoms with Crippen LogP contribution in [-0.4, -0.2) is 44.3 Å². The summed E-state index contributed by atoms with van der Waals surface area (Å²) in [6.45, 7) is 5.50. The van der Waals surface area contributed by atoms with Crippen molar-refractivity contribution in [2.45, 2.75) is 51.1 Å². The number of benzene rings is 4. The molecule has 0 spiro atoms. The summed E-state index contributed by atoms with van der Waals surface area (Å²) >= 11 is 12.7. The molecule has 0 saturated heterocycles. The van der Waals surface area contributed by atoms with Gasteiger partial charge in [-0.2, -0.15) is 0 Å². The molecule has 2 amide bonds. The molecule has 1 atom stereocenters. The minimum Gasteiger partial charge on any atom is -0.354 e. The third kappa shape index (κ3) is 8.87. The van der Waals surface area contributed by atoms with E-state index in [1.807, 2.05) is 57.2 Å². The molecule has 45 heavy (non-hydrogen) atoms. The average molecular weight is 667 g/mol. The number of anilines is 1. The number of nitrogens with one attached hydrogen (secondary N) is 1. The van der Waals surface area contributed by atoms with Gasteiger partial charge in [-0.15, -0.1) is 0 Å². The number of hydrogen-bond donors (Lipinski definition) is 1. The molecule has 0 saturated carbocycles. The number of amides is 2. The number of rotatable bonds is 13. The van der Waals surface area contributed by atoms with Crippen molar-refractivity contribution in [1.82, 2.24) is 10.2 Å². The quantitative estimate of drug-likeness (QED) is 0.167. The monoisotopic (exact) mass is 665 g/mol. The van der Waals surface area contributed by atoms with Gasteiger partial charge < -0.3 is 10.2 Å². The van der Waals surface area contributed by atoms with Crippen molar-refractivity contribution in [2.24, 2.45) is 0 Å². The SMILES string of the molecule is CCCNC(=O)[C@@H](Cc1ccccc1)N(Cc1ccc(Cl)cc1Cl)C(=O)CN(c1cccc(C)c1)S(=O)(=O)c1ccc(C)cc1. The topological polar surface area (TPSA) is 86.8 Å². The summed E-state index contributed by atoms with van der Waals surface area (Å²) in [5, 5.41) is 3.69. The van der Waals surface area contributed by atoms with Crippen LogP contribution in [0.4, 0.5) is 5.69 Å². The smallest absolute Gasteiger partial charge is 0.264 e. The molecule has 0 radical (unpaired) electrons. The molecule has 7 nitrogen and oxygen atoms in total. The lowest BCUT2D eigenvalue weighted by Crippen LogP contribution is -2.53. The molecule has 4 aromatic carbocycles. The normalized spacial score (nSPS) is 11.9. The Morgan fingerprint density at radius 2 is 1.56 bits per heavy atom. The van der Waals surface area contributed by atoms with Gasteiger partial charge in [-0.3, -0.25) is 13.9 Å². The first-order chi connectivity index (χ1) is 21.5. The molecule has 0 aliphatic carbocycles. The second-order valence-electron chi connectivity index (χ2n) is 10.9. The van der Waals surface area contributed by atoms with Gasteiger partial charge in [0.25, 0.3) is 10.0 Å². The van der Waals surface area contributed by atoms with E-state index < -0.39 is 28.5 Å². The molecule has 4 rings (SSSR count). The largest absolute Gasteiger partial charge is 0.354 e. The van der Waals surface area contributed by atoms with Crippen molar-refractivity contribution in [3.63, 3.8) is 0 Å². The van der Waals surface area contributed by atoms with Crippen molar-refractivity contribution >= 4 is 50.7 Å². The minimum absolute atomic E-state index is 0.0435. The highest BCUT2D eigenvalue weighted by Crippen LogP contribution is 2.28. The van der Waals surface area contributed by atoms with Crippen LogP contribution in [0.5, 0.6) is 0 Å². The Kier molecular flexibility index (Phi) is 11.7. The molecular weight excluding hydrogens is 629 g/mol. The molecule has 4 aromatic rings. The van der Waals surface area contributed by atoms with Gasteiger partial charge in [-0.1, -0.05) is 96.4 Å². The van der Waals surface area contributed by atoms with Gasteiger partial charge in [0.05, 0.1) is 10.6 Å². The average Bonchev–Trinajstić information content (AvgIpc) is 3.01. The van der Waals surface area contributed by atoms with E-state index in [1.54, 1.807) is 48.5 Å². The van der Waals surface area contributed by atoms with Crippen molar-refractivity contribution < 1.29 is 18.0 Å². The molecule has 0 aliphatic rings. The fraction of sp³-hybridized carbons (Fsp3) is 0.257. The molecule has 0 aromatic heterocycles. The predicted octanol–water partition coefficient (Wildman–Crippen LogP) is 6.97. The van der Waals surface area contributed by atoms with Crippen molar-refractivity contribution in [3.05, 3.63) is 129 Å². The van der Waals surface area contributed by atoms with E-state index >= 15 is 0 Å². The van der Waals surface area contributed by atoms with Gasteiger partial charge in [0.2, 0.25) is 11.8 Å². The van der Waals surface area contributed by atoms with Gasteiger partial charge in [0.1, 0.15) is 12.6 Å².